The Labute approximate surface area is 167 Å². The standard InChI is InChI=1S/C21H32N4OS/c1-14(2)12-22-21(27)25(8-7-24(5)6)13-18-11-17-9-15(3)16(4)10-19(17)23-20(18)26/h9-11,14H,7-8,12-13H2,1-6H3,(H,22,27)(H,23,26)/p+1. The third kappa shape index (κ3) is 6.04. The van der Waals surface area contributed by atoms with Crippen molar-refractivity contribution < 1.29 is 4.90 Å². The van der Waals surface area contributed by atoms with E-state index in [0.717, 1.165) is 36.1 Å². The van der Waals surface area contributed by atoms with Crippen molar-refractivity contribution in [3.63, 3.8) is 0 Å². The van der Waals surface area contributed by atoms with E-state index in [1.165, 1.54) is 16.0 Å². The van der Waals surface area contributed by atoms with E-state index in [1.807, 2.05) is 12.1 Å². The van der Waals surface area contributed by atoms with Gasteiger partial charge in [-0.1, -0.05) is 13.8 Å². The second kappa shape index (κ2) is 9.33. The fourth-order valence-corrected chi connectivity index (χ4v) is 3.10. The van der Waals surface area contributed by atoms with E-state index in [4.69, 9.17) is 12.2 Å². The molecule has 0 aliphatic rings. The molecule has 0 saturated carbocycles. The van der Waals surface area contributed by atoms with E-state index in [0.29, 0.717) is 17.6 Å². The van der Waals surface area contributed by atoms with Crippen molar-refractivity contribution in [1.29, 1.82) is 0 Å². The van der Waals surface area contributed by atoms with Crippen LogP contribution in [0.2, 0.25) is 0 Å². The van der Waals surface area contributed by atoms with Crippen LogP contribution in [-0.2, 0) is 6.54 Å². The van der Waals surface area contributed by atoms with Gasteiger partial charge in [0, 0.05) is 17.6 Å². The summed E-state index contributed by atoms with van der Waals surface area (Å²) >= 11 is 5.62. The molecule has 3 N–H and O–H groups in total. The molecule has 0 spiro atoms. The van der Waals surface area contributed by atoms with E-state index in [9.17, 15) is 4.79 Å². The molecule has 0 amide bonds. The third-order valence-electron chi connectivity index (χ3n) is 4.73. The molecule has 0 radical (unpaired) electrons. The number of aromatic amines is 1. The number of rotatable bonds is 7. The number of benzene rings is 1. The highest BCUT2D eigenvalue weighted by Gasteiger charge is 2.15. The minimum atomic E-state index is -0.0420. The summed E-state index contributed by atoms with van der Waals surface area (Å²) < 4.78 is 0. The Balaban J connectivity index is 2.29. The summed E-state index contributed by atoms with van der Waals surface area (Å²) in [4.78, 5) is 19.1. The minimum Gasteiger partial charge on any atom is -0.362 e. The molecule has 1 aromatic carbocycles. The number of pyridine rings is 1. The lowest BCUT2D eigenvalue weighted by atomic mass is 10.0. The van der Waals surface area contributed by atoms with E-state index in [1.54, 1.807) is 0 Å². The van der Waals surface area contributed by atoms with Gasteiger partial charge in [-0.2, -0.15) is 0 Å². The highest BCUT2D eigenvalue weighted by atomic mass is 32.1. The second-order valence-electron chi connectivity index (χ2n) is 8.11. The monoisotopic (exact) mass is 389 g/mol. The van der Waals surface area contributed by atoms with Crippen LogP contribution in [0.3, 0.4) is 0 Å². The van der Waals surface area contributed by atoms with Crippen molar-refractivity contribution in [2.24, 2.45) is 5.92 Å². The van der Waals surface area contributed by atoms with Crippen molar-refractivity contribution >= 4 is 28.2 Å². The molecule has 0 fully saturated rings. The summed E-state index contributed by atoms with van der Waals surface area (Å²) in [6.45, 7) is 11.6. The molecule has 0 bridgehead atoms. The van der Waals surface area contributed by atoms with Crippen molar-refractivity contribution in [3.8, 4) is 0 Å². The number of quaternary nitrogens is 1. The van der Waals surface area contributed by atoms with Crippen LogP contribution in [0.25, 0.3) is 10.9 Å². The van der Waals surface area contributed by atoms with Gasteiger partial charge in [0.05, 0.1) is 33.7 Å². The van der Waals surface area contributed by atoms with Crippen molar-refractivity contribution in [2.75, 3.05) is 33.7 Å². The van der Waals surface area contributed by atoms with Crippen LogP contribution in [0.15, 0.2) is 23.0 Å². The lowest BCUT2D eigenvalue weighted by Gasteiger charge is -2.26. The molecule has 0 aliphatic heterocycles. The molecular weight excluding hydrogens is 356 g/mol. The van der Waals surface area contributed by atoms with Gasteiger partial charge in [0.25, 0.3) is 5.56 Å². The quantitative estimate of drug-likeness (QED) is 0.630. The molecule has 0 atom stereocenters. The van der Waals surface area contributed by atoms with Crippen molar-refractivity contribution in [3.05, 3.63) is 45.2 Å². The molecule has 27 heavy (non-hydrogen) atoms. The summed E-state index contributed by atoms with van der Waals surface area (Å²) in [6, 6.07) is 6.17. The fourth-order valence-electron chi connectivity index (χ4n) is 2.86. The molecule has 6 heteroatoms. The zero-order chi connectivity index (χ0) is 20.1. The van der Waals surface area contributed by atoms with Crippen molar-refractivity contribution in [1.82, 2.24) is 15.2 Å². The van der Waals surface area contributed by atoms with E-state index >= 15 is 0 Å². The van der Waals surface area contributed by atoms with Gasteiger partial charge in [-0.3, -0.25) is 4.79 Å². The van der Waals surface area contributed by atoms with Crippen LogP contribution in [0.1, 0.15) is 30.5 Å². The number of hydrogen-bond donors (Lipinski definition) is 3. The zero-order valence-corrected chi connectivity index (χ0v) is 18.2. The average molecular weight is 390 g/mol. The summed E-state index contributed by atoms with van der Waals surface area (Å²) in [7, 11) is 4.24. The van der Waals surface area contributed by atoms with Gasteiger partial charge in [0.2, 0.25) is 0 Å². The van der Waals surface area contributed by atoms with Gasteiger partial charge in [0.1, 0.15) is 0 Å². The highest BCUT2D eigenvalue weighted by molar-refractivity contribution is 7.80. The molecule has 148 valence electrons. The smallest absolute Gasteiger partial charge is 0.253 e. The summed E-state index contributed by atoms with van der Waals surface area (Å²) in [6.07, 6.45) is 0. The topological polar surface area (TPSA) is 52.6 Å². The minimum absolute atomic E-state index is 0.0420. The number of nitrogens with one attached hydrogen (secondary N) is 3. The maximum atomic E-state index is 12.6. The van der Waals surface area contributed by atoms with Crippen LogP contribution in [0.5, 0.6) is 0 Å². The van der Waals surface area contributed by atoms with Crippen LogP contribution < -0.4 is 15.8 Å². The first-order valence-electron chi connectivity index (χ1n) is 9.62. The first-order valence-corrected chi connectivity index (χ1v) is 10.0. The number of fused-ring (bicyclic) bond motifs is 1. The van der Waals surface area contributed by atoms with Gasteiger partial charge in [-0.25, -0.2) is 0 Å². The molecule has 2 aromatic rings. The normalized spacial score (nSPS) is 11.4. The van der Waals surface area contributed by atoms with Crippen LogP contribution >= 0.6 is 12.2 Å². The Morgan fingerprint density at radius 2 is 1.89 bits per heavy atom. The Morgan fingerprint density at radius 3 is 2.52 bits per heavy atom. The summed E-state index contributed by atoms with van der Waals surface area (Å²) in [5.74, 6) is 0.513. The SMILES string of the molecule is Cc1cc2cc(CN(CC[NH+](C)C)C(=S)NCC(C)C)c(=O)[nH]c2cc1C. The van der Waals surface area contributed by atoms with Crippen molar-refractivity contribution in [2.45, 2.75) is 34.2 Å². The van der Waals surface area contributed by atoms with Gasteiger partial charge in [-0.15, -0.1) is 0 Å². The fraction of sp³-hybridized carbons (Fsp3) is 0.524. The maximum Gasteiger partial charge on any atom is 0.253 e. The maximum absolute atomic E-state index is 12.6. The number of H-pyrrole nitrogens is 1. The van der Waals surface area contributed by atoms with Gasteiger partial charge < -0.3 is 20.1 Å². The van der Waals surface area contributed by atoms with Crippen LogP contribution in [-0.4, -0.2) is 48.7 Å². The highest BCUT2D eigenvalue weighted by Crippen LogP contribution is 2.17. The average Bonchev–Trinajstić information content (AvgIpc) is 2.58. The largest absolute Gasteiger partial charge is 0.362 e. The van der Waals surface area contributed by atoms with Crippen LogP contribution in [0.4, 0.5) is 0 Å². The Morgan fingerprint density at radius 1 is 1.22 bits per heavy atom. The summed E-state index contributed by atoms with van der Waals surface area (Å²) in [5, 5.41) is 5.11. The molecule has 5 nitrogen and oxygen atoms in total. The molecular formula is C21H33N4OS+. The molecule has 0 aliphatic carbocycles. The molecule has 0 unspecified atom stereocenters. The zero-order valence-electron chi connectivity index (χ0n) is 17.4. The first-order chi connectivity index (χ1) is 12.7. The molecule has 1 aromatic heterocycles. The number of hydrogen-bond acceptors (Lipinski definition) is 2. The van der Waals surface area contributed by atoms with Crippen LogP contribution in [0, 0.1) is 19.8 Å². The number of likely N-dealkylation sites (N-methyl/N-ethyl adjacent to an activating group) is 1. The molecule has 0 saturated heterocycles. The number of nitrogens with zero attached hydrogens (tertiary/aromatic N) is 1. The second-order valence-corrected chi connectivity index (χ2v) is 8.49. The third-order valence-corrected chi connectivity index (χ3v) is 5.13. The Kier molecular flexibility index (Phi) is 7.39. The Bertz CT molecular complexity index is 857. The summed E-state index contributed by atoms with van der Waals surface area (Å²) in [5.41, 5.74) is 3.99. The Hall–Kier alpha value is -1.92. The lowest BCUT2D eigenvalue weighted by Crippen LogP contribution is -3.06. The molecule has 1 heterocycles. The van der Waals surface area contributed by atoms with Gasteiger partial charge in [-0.05, 0) is 66.7 Å². The van der Waals surface area contributed by atoms with E-state index in [2.05, 4.69) is 63.1 Å². The first kappa shape index (κ1) is 21.4. The number of aryl methyl sites for hydroxylation is 2. The predicted octanol–water partition coefficient (Wildman–Crippen LogP) is 1.62. The van der Waals surface area contributed by atoms with Gasteiger partial charge in [0.15, 0.2) is 5.11 Å². The van der Waals surface area contributed by atoms with E-state index < -0.39 is 0 Å². The molecule has 2 rings (SSSR count). The number of thiocarbonyl (C=S) groups is 1. The number of aromatic nitrogens is 1. The van der Waals surface area contributed by atoms with E-state index in [-0.39, 0.29) is 5.56 Å². The predicted molar refractivity (Wildman–Crippen MR) is 118 cm³/mol. The lowest BCUT2D eigenvalue weighted by molar-refractivity contribution is -0.857. The van der Waals surface area contributed by atoms with Gasteiger partial charge >= 0.3 is 0 Å².